The van der Waals surface area contributed by atoms with E-state index in [2.05, 4.69) is 36.5 Å². The minimum Gasteiger partial charge on any atom is -0.378 e. The Bertz CT molecular complexity index is 685. The Morgan fingerprint density at radius 3 is 2.50 bits per heavy atom. The normalized spacial score (nSPS) is 28.0. The summed E-state index contributed by atoms with van der Waals surface area (Å²) in [6.45, 7) is 9.55. The molecule has 0 spiro atoms. The van der Waals surface area contributed by atoms with E-state index in [0.717, 1.165) is 12.8 Å². The highest BCUT2D eigenvalue weighted by Gasteiger charge is 2.62. The van der Waals surface area contributed by atoms with Crippen molar-refractivity contribution in [3.63, 3.8) is 0 Å². The summed E-state index contributed by atoms with van der Waals surface area (Å²) >= 11 is 0. The molecule has 0 heterocycles. The highest BCUT2D eigenvalue weighted by molar-refractivity contribution is 5.89. The van der Waals surface area contributed by atoms with E-state index < -0.39 is 5.54 Å². The van der Waals surface area contributed by atoms with Gasteiger partial charge in [-0.25, -0.2) is 0 Å². The van der Waals surface area contributed by atoms with Gasteiger partial charge in [0.15, 0.2) is 0 Å². The molecule has 158 valence electrons. The van der Waals surface area contributed by atoms with Gasteiger partial charge in [-0.05, 0) is 32.3 Å². The third-order valence-corrected chi connectivity index (χ3v) is 7.26. The van der Waals surface area contributed by atoms with Gasteiger partial charge in [0.05, 0.1) is 6.10 Å². The number of carbonyl (C=O) groups is 1. The molecule has 2 unspecified atom stereocenters. The van der Waals surface area contributed by atoms with Gasteiger partial charge >= 0.3 is 0 Å². The minimum absolute atomic E-state index is 0. The number of nitrogens with one attached hydrogen (secondary N) is 1. The zero-order valence-electron chi connectivity index (χ0n) is 17.8. The van der Waals surface area contributed by atoms with Gasteiger partial charge in [0, 0.05) is 30.4 Å². The standard InChI is InChI=1S/C23H36N2O2.ClH/c1-5-27-19-15-23(24,21(19,3)4)20(26)25-16-22(12-7-6-8-13-22)18-11-9-10-17(2)14-18;/h9-11,14,19H,5-8,12-13,15-16,24H2,1-4H3,(H,25,26);1H. The molecule has 0 bridgehead atoms. The number of benzene rings is 1. The molecule has 5 heteroatoms. The zero-order valence-corrected chi connectivity index (χ0v) is 18.7. The maximum absolute atomic E-state index is 13.1. The van der Waals surface area contributed by atoms with Crippen molar-refractivity contribution in [3.8, 4) is 0 Å². The quantitative estimate of drug-likeness (QED) is 0.738. The lowest BCUT2D eigenvalue weighted by Crippen LogP contribution is -2.76. The van der Waals surface area contributed by atoms with Crippen LogP contribution in [0, 0.1) is 12.3 Å². The molecule has 0 aromatic heterocycles. The van der Waals surface area contributed by atoms with Gasteiger partial charge in [0.1, 0.15) is 5.54 Å². The molecule has 2 aliphatic carbocycles. The first-order chi connectivity index (χ1) is 12.7. The lowest BCUT2D eigenvalue weighted by molar-refractivity contribution is -0.170. The van der Waals surface area contributed by atoms with Crippen LogP contribution in [0.25, 0.3) is 0 Å². The summed E-state index contributed by atoms with van der Waals surface area (Å²) in [5.41, 5.74) is 8.03. The molecule has 2 saturated carbocycles. The number of hydrogen-bond acceptors (Lipinski definition) is 3. The maximum Gasteiger partial charge on any atom is 0.240 e. The Balaban J connectivity index is 0.00000280. The minimum atomic E-state index is -0.852. The number of ether oxygens (including phenoxy) is 1. The molecular formula is C23H37ClN2O2. The first-order valence-electron chi connectivity index (χ1n) is 10.5. The van der Waals surface area contributed by atoms with Gasteiger partial charge < -0.3 is 15.8 Å². The van der Waals surface area contributed by atoms with Crippen molar-refractivity contribution in [3.05, 3.63) is 35.4 Å². The molecule has 3 N–H and O–H groups in total. The largest absolute Gasteiger partial charge is 0.378 e. The Kier molecular flexibility index (Phi) is 7.22. The summed E-state index contributed by atoms with van der Waals surface area (Å²) in [4.78, 5) is 13.1. The van der Waals surface area contributed by atoms with Crippen LogP contribution in [0.15, 0.2) is 24.3 Å². The summed E-state index contributed by atoms with van der Waals surface area (Å²) in [6.07, 6.45) is 6.62. The second-order valence-corrected chi connectivity index (χ2v) is 9.23. The monoisotopic (exact) mass is 408 g/mol. The third kappa shape index (κ3) is 3.96. The Hall–Kier alpha value is -1.10. The van der Waals surface area contributed by atoms with Gasteiger partial charge in [-0.15, -0.1) is 12.4 Å². The van der Waals surface area contributed by atoms with Crippen LogP contribution in [0.1, 0.15) is 70.4 Å². The smallest absolute Gasteiger partial charge is 0.240 e. The molecule has 1 aromatic rings. The summed E-state index contributed by atoms with van der Waals surface area (Å²) in [5, 5.41) is 3.25. The first-order valence-corrected chi connectivity index (χ1v) is 10.5. The van der Waals surface area contributed by atoms with E-state index in [-0.39, 0.29) is 35.2 Å². The molecule has 1 amide bonds. The van der Waals surface area contributed by atoms with Crippen LogP contribution in [0.3, 0.4) is 0 Å². The van der Waals surface area contributed by atoms with E-state index in [0.29, 0.717) is 19.6 Å². The molecule has 2 aliphatic rings. The van der Waals surface area contributed by atoms with Crippen LogP contribution in [0.2, 0.25) is 0 Å². The lowest BCUT2D eigenvalue weighted by atomic mass is 9.54. The fourth-order valence-electron chi connectivity index (χ4n) is 5.00. The summed E-state index contributed by atoms with van der Waals surface area (Å²) in [7, 11) is 0. The highest BCUT2D eigenvalue weighted by atomic mass is 35.5. The van der Waals surface area contributed by atoms with Crippen molar-refractivity contribution in [1.29, 1.82) is 0 Å². The van der Waals surface area contributed by atoms with Crippen molar-refractivity contribution in [2.75, 3.05) is 13.2 Å². The predicted molar refractivity (Wildman–Crippen MR) is 117 cm³/mol. The van der Waals surface area contributed by atoms with Gasteiger partial charge in [0.2, 0.25) is 5.91 Å². The number of rotatable bonds is 6. The Morgan fingerprint density at radius 1 is 1.25 bits per heavy atom. The molecule has 2 fully saturated rings. The average Bonchev–Trinajstić information content (AvgIpc) is 2.66. The third-order valence-electron chi connectivity index (χ3n) is 7.26. The first kappa shape index (κ1) is 23.2. The van der Waals surface area contributed by atoms with E-state index in [9.17, 15) is 4.79 Å². The van der Waals surface area contributed by atoms with Gasteiger partial charge in [0.25, 0.3) is 0 Å². The van der Waals surface area contributed by atoms with E-state index >= 15 is 0 Å². The second kappa shape index (κ2) is 8.73. The topological polar surface area (TPSA) is 64.3 Å². The number of halogens is 1. The zero-order chi connectivity index (χ0) is 19.7. The van der Waals surface area contributed by atoms with Crippen LogP contribution >= 0.6 is 12.4 Å². The van der Waals surface area contributed by atoms with Crippen molar-refractivity contribution in [2.45, 2.75) is 83.3 Å². The number of aryl methyl sites for hydroxylation is 1. The molecule has 28 heavy (non-hydrogen) atoms. The van der Waals surface area contributed by atoms with Crippen molar-refractivity contribution in [1.82, 2.24) is 5.32 Å². The van der Waals surface area contributed by atoms with Gasteiger partial charge in [-0.3, -0.25) is 4.79 Å². The number of amides is 1. The van der Waals surface area contributed by atoms with Crippen LogP contribution in [0.5, 0.6) is 0 Å². The number of hydrogen-bond donors (Lipinski definition) is 2. The van der Waals surface area contributed by atoms with Crippen molar-refractivity contribution < 1.29 is 9.53 Å². The van der Waals surface area contributed by atoms with Crippen LogP contribution in [0.4, 0.5) is 0 Å². The number of carbonyl (C=O) groups excluding carboxylic acids is 1. The van der Waals surface area contributed by atoms with Gasteiger partial charge in [-0.1, -0.05) is 62.9 Å². The second-order valence-electron chi connectivity index (χ2n) is 9.23. The summed E-state index contributed by atoms with van der Waals surface area (Å²) in [6, 6.07) is 8.78. The molecule has 2 atom stereocenters. The van der Waals surface area contributed by atoms with Crippen LogP contribution in [-0.2, 0) is 14.9 Å². The van der Waals surface area contributed by atoms with Gasteiger partial charge in [-0.2, -0.15) is 0 Å². The molecular weight excluding hydrogens is 372 g/mol. The SMILES string of the molecule is CCOC1CC(N)(C(=O)NCC2(c3cccc(C)c3)CCCCC2)C1(C)C.Cl. The fraction of sp³-hybridized carbons (Fsp3) is 0.696. The molecule has 3 rings (SSSR count). The maximum atomic E-state index is 13.1. The summed E-state index contributed by atoms with van der Waals surface area (Å²) < 4.78 is 5.78. The van der Waals surface area contributed by atoms with Crippen LogP contribution in [-0.4, -0.2) is 30.7 Å². The molecule has 1 aromatic carbocycles. The van der Waals surface area contributed by atoms with Crippen molar-refractivity contribution >= 4 is 18.3 Å². The summed E-state index contributed by atoms with van der Waals surface area (Å²) in [5.74, 6) is -0.0268. The Labute approximate surface area is 176 Å². The molecule has 0 radical (unpaired) electrons. The molecule has 4 nitrogen and oxygen atoms in total. The molecule has 0 saturated heterocycles. The molecule has 0 aliphatic heterocycles. The van der Waals surface area contributed by atoms with Crippen molar-refractivity contribution in [2.24, 2.45) is 11.1 Å². The number of nitrogens with two attached hydrogens (primary N) is 1. The van der Waals surface area contributed by atoms with E-state index in [1.165, 1.54) is 30.4 Å². The average molecular weight is 409 g/mol. The van der Waals surface area contributed by atoms with E-state index in [1.54, 1.807) is 0 Å². The lowest BCUT2D eigenvalue weighted by Gasteiger charge is -2.57. The predicted octanol–water partition coefficient (Wildman–Crippen LogP) is 4.27. The Morgan fingerprint density at radius 2 is 1.93 bits per heavy atom. The van der Waals surface area contributed by atoms with E-state index in [4.69, 9.17) is 10.5 Å². The highest BCUT2D eigenvalue weighted by Crippen LogP contribution is 2.50. The fourth-order valence-corrected chi connectivity index (χ4v) is 5.00. The van der Waals surface area contributed by atoms with E-state index in [1.807, 2.05) is 20.8 Å². The van der Waals surface area contributed by atoms with Crippen LogP contribution < -0.4 is 11.1 Å².